The molecule has 0 bridgehead atoms. The summed E-state index contributed by atoms with van der Waals surface area (Å²) in [4.78, 5) is 16.0. The first kappa shape index (κ1) is 15.7. The van der Waals surface area contributed by atoms with Crippen LogP contribution in [0.5, 0.6) is 0 Å². The molecule has 3 heterocycles. The molecule has 2 saturated heterocycles. The summed E-state index contributed by atoms with van der Waals surface area (Å²) in [6.45, 7) is 3.78. The number of hydrogen-bond acceptors (Lipinski definition) is 4. The van der Waals surface area contributed by atoms with Gasteiger partial charge in [-0.1, -0.05) is 18.2 Å². The molecule has 5 heteroatoms. The molecule has 1 unspecified atom stereocenters. The van der Waals surface area contributed by atoms with Crippen LogP contribution < -0.4 is 0 Å². The van der Waals surface area contributed by atoms with Crippen molar-refractivity contribution in [1.29, 1.82) is 0 Å². The number of piperidine rings is 1. The number of aliphatic carboxylic acids is 1. The summed E-state index contributed by atoms with van der Waals surface area (Å²) < 4.78 is 5.92. The molecule has 4 rings (SSSR count). The second-order valence-corrected chi connectivity index (χ2v) is 6.99. The number of para-hydroxylation sites is 1. The molecular weight excluding hydrogens is 304 g/mol. The van der Waals surface area contributed by atoms with E-state index in [2.05, 4.69) is 21.9 Å². The number of carboxylic acid groups (broad SMARTS) is 1. The minimum Gasteiger partial charge on any atom is -0.480 e. The van der Waals surface area contributed by atoms with E-state index in [0.29, 0.717) is 6.04 Å². The molecule has 0 saturated carbocycles. The first-order chi connectivity index (χ1) is 11.7. The summed E-state index contributed by atoms with van der Waals surface area (Å²) in [6.07, 6.45) is 3.90. The van der Waals surface area contributed by atoms with Crippen LogP contribution in [-0.2, 0) is 11.3 Å². The monoisotopic (exact) mass is 328 g/mol. The van der Waals surface area contributed by atoms with Crippen molar-refractivity contribution in [3.05, 3.63) is 36.1 Å². The Hall–Kier alpha value is -1.85. The summed E-state index contributed by atoms with van der Waals surface area (Å²) >= 11 is 0. The van der Waals surface area contributed by atoms with Gasteiger partial charge < -0.3 is 9.52 Å². The minimum atomic E-state index is -0.655. The Kier molecular flexibility index (Phi) is 4.29. The van der Waals surface area contributed by atoms with Crippen LogP contribution in [0.3, 0.4) is 0 Å². The Morgan fingerprint density at radius 1 is 1.17 bits per heavy atom. The van der Waals surface area contributed by atoms with Crippen molar-refractivity contribution < 1.29 is 14.3 Å². The van der Waals surface area contributed by atoms with Crippen LogP contribution in [0.1, 0.15) is 31.4 Å². The van der Waals surface area contributed by atoms with Crippen molar-refractivity contribution in [3.63, 3.8) is 0 Å². The van der Waals surface area contributed by atoms with E-state index in [1.807, 2.05) is 18.2 Å². The summed E-state index contributed by atoms with van der Waals surface area (Å²) in [5, 5.41) is 10.5. The number of carboxylic acids is 1. The van der Waals surface area contributed by atoms with E-state index in [0.717, 1.165) is 68.6 Å². The standard InChI is InChI=1S/C19H24N2O3/c22-19(23)17-5-3-9-21(17)15-7-10-20(11-8-15)13-16-12-14-4-1-2-6-18(14)24-16/h1-2,4,6,12,15,17H,3,5,7-11,13H2,(H,22,23). The van der Waals surface area contributed by atoms with Crippen LogP contribution in [0.4, 0.5) is 0 Å². The lowest BCUT2D eigenvalue weighted by Gasteiger charge is -2.38. The Bertz CT molecular complexity index is 685. The highest BCUT2D eigenvalue weighted by atomic mass is 16.4. The number of nitrogens with zero attached hydrogens (tertiary/aromatic N) is 2. The molecule has 0 radical (unpaired) electrons. The third kappa shape index (κ3) is 3.06. The molecule has 2 aliphatic heterocycles. The highest BCUT2D eigenvalue weighted by molar-refractivity contribution is 5.77. The van der Waals surface area contributed by atoms with Crippen molar-refractivity contribution >= 4 is 16.9 Å². The summed E-state index contributed by atoms with van der Waals surface area (Å²) in [6, 6.07) is 10.4. The number of likely N-dealkylation sites (tertiary alicyclic amines) is 2. The fourth-order valence-corrected chi connectivity index (χ4v) is 4.24. The molecule has 24 heavy (non-hydrogen) atoms. The van der Waals surface area contributed by atoms with E-state index < -0.39 is 5.97 Å². The average molecular weight is 328 g/mol. The first-order valence-corrected chi connectivity index (χ1v) is 8.89. The second kappa shape index (κ2) is 6.57. The van der Waals surface area contributed by atoms with Crippen LogP contribution in [0, 0.1) is 0 Å². The van der Waals surface area contributed by atoms with Gasteiger partial charge in [0.15, 0.2) is 0 Å². The fraction of sp³-hybridized carbons (Fsp3) is 0.526. The Balaban J connectivity index is 1.35. The number of rotatable bonds is 4. The van der Waals surface area contributed by atoms with Crippen molar-refractivity contribution in [2.75, 3.05) is 19.6 Å². The van der Waals surface area contributed by atoms with Gasteiger partial charge in [-0.15, -0.1) is 0 Å². The molecule has 0 spiro atoms. The molecular formula is C19H24N2O3. The number of carbonyl (C=O) groups is 1. The van der Waals surface area contributed by atoms with E-state index >= 15 is 0 Å². The number of fused-ring (bicyclic) bond motifs is 1. The van der Waals surface area contributed by atoms with Crippen molar-refractivity contribution in [2.24, 2.45) is 0 Å². The molecule has 0 amide bonds. The average Bonchev–Trinajstić information content (AvgIpc) is 3.21. The van der Waals surface area contributed by atoms with Gasteiger partial charge in [0.05, 0.1) is 6.54 Å². The van der Waals surface area contributed by atoms with Crippen molar-refractivity contribution in [3.8, 4) is 0 Å². The first-order valence-electron chi connectivity index (χ1n) is 8.89. The zero-order valence-electron chi connectivity index (χ0n) is 13.9. The van der Waals surface area contributed by atoms with E-state index in [1.54, 1.807) is 0 Å². The SMILES string of the molecule is O=C(O)C1CCCN1C1CCN(Cc2cc3ccccc3o2)CC1. The van der Waals surface area contributed by atoms with Gasteiger partial charge in [0, 0.05) is 24.5 Å². The number of hydrogen-bond donors (Lipinski definition) is 1. The minimum absolute atomic E-state index is 0.267. The zero-order valence-corrected chi connectivity index (χ0v) is 13.9. The normalized spacial score (nSPS) is 23.9. The molecule has 1 N–H and O–H groups in total. The Labute approximate surface area is 141 Å². The molecule has 1 aromatic heterocycles. The Morgan fingerprint density at radius 3 is 2.71 bits per heavy atom. The maximum Gasteiger partial charge on any atom is 0.320 e. The smallest absolute Gasteiger partial charge is 0.320 e. The topological polar surface area (TPSA) is 56.9 Å². The van der Waals surface area contributed by atoms with Gasteiger partial charge in [-0.25, -0.2) is 0 Å². The second-order valence-electron chi connectivity index (χ2n) is 6.99. The maximum absolute atomic E-state index is 11.4. The van der Waals surface area contributed by atoms with Gasteiger partial charge in [0.25, 0.3) is 0 Å². The molecule has 128 valence electrons. The van der Waals surface area contributed by atoms with Crippen molar-refractivity contribution in [1.82, 2.24) is 9.80 Å². The molecule has 1 atom stereocenters. The lowest BCUT2D eigenvalue weighted by atomic mass is 10.0. The van der Waals surface area contributed by atoms with Gasteiger partial charge in [0.1, 0.15) is 17.4 Å². The maximum atomic E-state index is 11.4. The summed E-state index contributed by atoms with van der Waals surface area (Å²) in [5.41, 5.74) is 0.948. The van der Waals surface area contributed by atoms with Crippen LogP contribution >= 0.6 is 0 Å². The zero-order chi connectivity index (χ0) is 16.5. The van der Waals surface area contributed by atoms with Crippen LogP contribution in [0.15, 0.2) is 34.7 Å². The van der Waals surface area contributed by atoms with Gasteiger partial charge in [-0.2, -0.15) is 0 Å². The quantitative estimate of drug-likeness (QED) is 0.935. The lowest BCUT2D eigenvalue weighted by Crippen LogP contribution is -2.48. The van der Waals surface area contributed by atoms with Crippen LogP contribution in [0.2, 0.25) is 0 Å². The molecule has 2 aliphatic rings. The third-order valence-electron chi connectivity index (χ3n) is 5.46. The van der Waals surface area contributed by atoms with Crippen LogP contribution in [-0.4, -0.2) is 52.6 Å². The largest absolute Gasteiger partial charge is 0.480 e. The van der Waals surface area contributed by atoms with E-state index in [9.17, 15) is 9.90 Å². The molecule has 1 aromatic carbocycles. The molecule has 5 nitrogen and oxygen atoms in total. The van der Waals surface area contributed by atoms with Gasteiger partial charge >= 0.3 is 5.97 Å². The molecule has 0 aliphatic carbocycles. The molecule has 2 aromatic rings. The summed E-state index contributed by atoms with van der Waals surface area (Å²) in [5.74, 6) is 0.358. The van der Waals surface area contributed by atoms with E-state index in [4.69, 9.17) is 4.42 Å². The Morgan fingerprint density at radius 2 is 1.96 bits per heavy atom. The van der Waals surface area contributed by atoms with Gasteiger partial charge in [-0.05, 0) is 44.4 Å². The predicted molar refractivity (Wildman–Crippen MR) is 91.9 cm³/mol. The molecule has 2 fully saturated rings. The summed E-state index contributed by atoms with van der Waals surface area (Å²) in [7, 11) is 0. The third-order valence-corrected chi connectivity index (χ3v) is 5.46. The fourth-order valence-electron chi connectivity index (χ4n) is 4.24. The lowest BCUT2D eigenvalue weighted by molar-refractivity contribution is -0.143. The van der Waals surface area contributed by atoms with Crippen LogP contribution in [0.25, 0.3) is 11.0 Å². The van der Waals surface area contributed by atoms with Gasteiger partial charge in [-0.3, -0.25) is 14.6 Å². The highest BCUT2D eigenvalue weighted by Crippen LogP contribution is 2.27. The van der Waals surface area contributed by atoms with E-state index in [-0.39, 0.29) is 6.04 Å². The van der Waals surface area contributed by atoms with Gasteiger partial charge in [0.2, 0.25) is 0 Å². The van der Waals surface area contributed by atoms with E-state index in [1.165, 1.54) is 0 Å². The predicted octanol–water partition coefficient (Wildman–Crippen LogP) is 2.95. The van der Waals surface area contributed by atoms with Crippen molar-refractivity contribution in [2.45, 2.75) is 44.3 Å². The number of benzene rings is 1. The highest BCUT2D eigenvalue weighted by Gasteiger charge is 2.36. The number of furan rings is 1.